The van der Waals surface area contributed by atoms with Crippen molar-refractivity contribution in [3.8, 4) is 5.75 Å². The normalized spacial score (nSPS) is 12.1. The minimum Gasteiger partial charge on any atom is -0.489 e. The van der Waals surface area contributed by atoms with Crippen LogP contribution in [-0.4, -0.2) is 19.9 Å². The van der Waals surface area contributed by atoms with E-state index in [1.807, 2.05) is 18.2 Å². The fourth-order valence-electron chi connectivity index (χ4n) is 2.52. The van der Waals surface area contributed by atoms with Gasteiger partial charge in [-0.2, -0.15) is 0 Å². The van der Waals surface area contributed by atoms with Gasteiger partial charge < -0.3 is 9.47 Å². The van der Waals surface area contributed by atoms with Crippen molar-refractivity contribution in [2.45, 2.75) is 39.5 Å². The van der Waals surface area contributed by atoms with E-state index in [4.69, 9.17) is 9.47 Å². The Bertz CT molecular complexity index is 583. The van der Waals surface area contributed by atoms with E-state index in [1.54, 1.807) is 7.11 Å². The van der Waals surface area contributed by atoms with Crippen molar-refractivity contribution in [1.82, 2.24) is 5.32 Å². The van der Waals surface area contributed by atoms with Gasteiger partial charge in [0.25, 0.3) is 0 Å². The van der Waals surface area contributed by atoms with Gasteiger partial charge in [0.2, 0.25) is 0 Å². The molecule has 0 heterocycles. The molecule has 0 aliphatic heterocycles. The van der Waals surface area contributed by atoms with Gasteiger partial charge in [-0.05, 0) is 48.7 Å². The standard InChI is InChI=1S/C20H27NO2/c1-4-10-21-20(22-3)14-18-11-16(2)12-19(13-18)23-15-17-8-6-5-7-9-17/h5-9,11-13,20-21H,4,10,14-15H2,1-3H3. The Morgan fingerprint density at radius 3 is 2.52 bits per heavy atom. The molecule has 0 aliphatic carbocycles. The molecule has 0 bridgehead atoms. The van der Waals surface area contributed by atoms with Gasteiger partial charge >= 0.3 is 0 Å². The van der Waals surface area contributed by atoms with Crippen LogP contribution in [0.15, 0.2) is 48.5 Å². The molecule has 1 atom stereocenters. The van der Waals surface area contributed by atoms with E-state index in [9.17, 15) is 0 Å². The second kappa shape index (κ2) is 9.33. The number of hydrogen-bond acceptors (Lipinski definition) is 3. The molecule has 3 nitrogen and oxygen atoms in total. The number of hydrogen-bond donors (Lipinski definition) is 1. The maximum Gasteiger partial charge on any atom is 0.120 e. The lowest BCUT2D eigenvalue weighted by Gasteiger charge is -2.18. The van der Waals surface area contributed by atoms with Gasteiger partial charge in [-0.3, -0.25) is 5.32 Å². The summed E-state index contributed by atoms with van der Waals surface area (Å²) in [5.41, 5.74) is 3.61. The second-order valence-corrected chi connectivity index (χ2v) is 5.81. The van der Waals surface area contributed by atoms with Crippen molar-refractivity contribution in [2.24, 2.45) is 0 Å². The first-order valence-corrected chi connectivity index (χ1v) is 8.24. The second-order valence-electron chi connectivity index (χ2n) is 5.81. The molecule has 0 saturated heterocycles. The van der Waals surface area contributed by atoms with Crippen LogP contribution in [0.4, 0.5) is 0 Å². The molecule has 2 aromatic rings. The van der Waals surface area contributed by atoms with E-state index < -0.39 is 0 Å². The third-order valence-corrected chi connectivity index (χ3v) is 3.69. The highest BCUT2D eigenvalue weighted by Crippen LogP contribution is 2.19. The Morgan fingerprint density at radius 1 is 1.04 bits per heavy atom. The van der Waals surface area contributed by atoms with Crippen LogP contribution < -0.4 is 10.1 Å². The minimum atomic E-state index is 0.0405. The lowest BCUT2D eigenvalue weighted by Crippen LogP contribution is -2.33. The van der Waals surface area contributed by atoms with Gasteiger partial charge in [0.1, 0.15) is 18.6 Å². The summed E-state index contributed by atoms with van der Waals surface area (Å²) in [6, 6.07) is 16.6. The van der Waals surface area contributed by atoms with Crippen LogP contribution in [0.25, 0.3) is 0 Å². The van der Waals surface area contributed by atoms with Gasteiger partial charge in [0, 0.05) is 13.5 Å². The summed E-state index contributed by atoms with van der Waals surface area (Å²) < 4.78 is 11.5. The van der Waals surface area contributed by atoms with Crippen LogP contribution in [0.3, 0.4) is 0 Å². The number of ether oxygens (including phenoxy) is 2. The molecule has 0 aliphatic rings. The Morgan fingerprint density at radius 2 is 1.83 bits per heavy atom. The Balaban J connectivity index is 2.00. The molecule has 3 heteroatoms. The Labute approximate surface area is 139 Å². The number of methoxy groups -OCH3 is 1. The summed E-state index contributed by atoms with van der Waals surface area (Å²) in [7, 11) is 1.75. The molecule has 2 aromatic carbocycles. The first-order chi connectivity index (χ1) is 11.2. The fourth-order valence-corrected chi connectivity index (χ4v) is 2.52. The maximum atomic E-state index is 5.95. The summed E-state index contributed by atoms with van der Waals surface area (Å²) in [5, 5.41) is 3.40. The highest BCUT2D eigenvalue weighted by atomic mass is 16.5. The molecule has 1 unspecified atom stereocenters. The Hall–Kier alpha value is -1.84. The lowest BCUT2D eigenvalue weighted by molar-refractivity contribution is 0.0745. The van der Waals surface area contributed by atoms with Crippen molar-refractivity contribution in [1.29, 1.82) is 0 Å². The molecule has 2 rings (SSSR count). The summed E-state index contributed by atoms with van der Waals surface area (Å²) >= 11 is 0. The zero-order valence-electron chi connectivity index (χ0n) is 14.3. The van der Waals surface area contributed by atoms with Gasteiger partial charge in [-0.25, -0.2) is 0 Å². The summed E-state index contributed by atoms with van der Waals surface area (Å²) in [5.74, 6) is 0.911. The number of benzene rings is 2. The molecule has 124 valence electrons. The molecular weight excluding hydrogens is 286 g/mol. The van der Waals surface area contributed by atoms with E-state index in [0.29, 0.717) is 6.61 Å². The average molecular weight is 313 g/mol. The SMILES string of the molecule is CCCNC(Cc1cc(C)cc(OCc2ccccc2)c1)OC. The van der Waals surface area contributed by atoms with E-state index in [1.165, 1.54) is 16.7 Å². The van der Waals surface area contributed by atoms with Gasteiger partial charge in [-0.15, -0.1) is 0 Å². The summed E-state index contributed by atoms with van der Waals surface area (Å²) in [6.07, 6.45) is 1.97. The fraction of sp³-hybridized carbons (Fsp3) is 0.400. The first-order valence-electron chi connectivity index (χ1n) is 8.24. The predicted molar refractivity (Wildman–Crippen MR) is 94.7 cm³/mol. The molecule has 0 amide bonds. The van der Waals surface area contributed by atoms with Crippen molar-refractivity contribution in [3.05, 3.63) is 65.2 Å². The van der Waals surface area contributed by atoms with Crippen LogP contribution >= 0.6 is 0 Å². The number of nitrogens with one attached hydrogen (secondary N) is 1. The lowest BCUT2D eigenvalue weighted by atomic mass is 10.1. The monoisotopic (exact) mass is 313 g/mol. The highest BCUT2D eigenvalue weighted by Gasteiger charge is 2.09. The van der Waals surface area contributed by atoms with Crippen molar-refractivity contribution >= 4 is 0 Å². The zero-order chi connectivity index (χ0) is 16.5. The van der Waals surface area contributed by atoms with E-state index in [0.717, 1.165) is 25.1 Å². The molecule has 23 heavy (non-hydrogen) atoms. The van der Waals surface area contributed by atoms with Crippen LogP contribution in [0.5, 0.6) is 5.75 Å². The first kappa shape index (κ1) is 17.5. The van der Waals surface area contributed by atoms with E-state index in [2.05, 4.69) is 49.5 Å². The highest BCUT2D eigenvalue weighted by molar-refractivity contribution is 5.34. The van der Waals surface area contributed by atoms with E-state index >= 15 is 0 Å². The molecule has 1 N–H and O–H groups in total. The minimum absolute atomic E-state index is 0.0405. The quantitative estimate of drug-likeness (QED) is 0.707. The van der Waals surface area contributed by atoms with Crippen LogP contribution in [0, 0.1) is 6.92 Å². The van der Waals surface area contributed by atoms with Crippen molar-refractivity contribution in [3.63, 3.8) is 0 Å². The smallest absolute Gasteiger partial charge is 0.120 e. The van der Waals surface area contributed by atoms with Crippen LogP contribution in [0.1, 0.15) is 30.0 Å². The molecule has 0 spiro atoms. The number of aryl methyl sites for hydroxylation is 1. The third kappa shape index (κ3) is 6.05. The van der Waals surface area contributed by atoms with Crippen molar-refractivity contribution < 1.29 is 9.47 Å². The molecule has 0 saturated carbocycles. The average Bonchev–Trinajstić information content (AvgIpc) is 2.57. The molecular formula is C20H27NO2. The van der Waals surface area contributed by atoms with Crippen LogP contribution in [-0.2, 0) is 17.8 Å². The summed E-state index contributed by atoms with van der Waals surface area (Å²) in [4.78, 5) is 0. The predicted octanol–water partition coefficient (Wildman–Crippen LogP) is 4.09. The van der Waals surface area contributed by atoms with Crippen molar-refractivity contribution in [2.75, 3.05) is 13.7 Å². The molecule has 0 fully saturated rings. The topological polar surface area (TPSA) is 30.5 Å². The molecule has 0 aromatic heterocycles. The summed E-state index contributed by atoms with van der Waals surface area (Å²) in [6.45, 7) is 5.80. The maximum absolute atomic E-state index is 5.95. The van der Waals surface area contributed by atoms with Gasteiger partial charge in [-0.1, -0.05) is 43.3 Å². The third-order valence-electron chi connectivity index (χ3n) is 3.69. The van der Waals surface area contributed by atoms with Gasteiger partial charge in [0.15, 0.2) is 0 Å². The van der Waals surface area contributed by atoms with E-state index in [-0.39, 0.29) is 6.23 Å². The Kier molecular flexibility index (Phi) is 7.11. The number of rotatable bonds is 9. The zero-order valence-corrected chi connectivity index (χ0v) is 14.3. The largest absolute Gasteiger partial charge is 0.489 e. The van der Waals surface area contributed by atoms with Gasteiger partial charge in [0.05, 0.1) is 0 Å². The van der Waals surface area contributed by atoms with Crippen LogP contribution in [0.2, 0.25) is 0 Å². The molecule has 0 radical (unpaired) electrons.